The minimum absolute atomic E-state index is 0.328. The van der Waals surface area contributed by atoms with Crippen LogP contribution in [0, 0.1) is 17.8 Å². The van der Waals surface area contributed by atoms with E-state index in [1.807, 2.05) is 6.07 Å². The summed E-state index contributed by atoms with van der Waals surface area (Å²) in [7, 11) is -3.15. The molecule has 150 valence electrons. The van der Waals surface area contributed by atoms with E-state index in [0.717, 1.165) is 49.0 Å². The molecule has 1 aliphatic heterocycles. The number of rotatable bonds is 7. The molecule has 4 rings (SSSR count). The maximum Gasteiger partial charge on any atom is 0.225 e. The zero-order valence-corrected chi connectivity index (χ0v) is 17.0. The van der Waals surface area contributed by atoms with Crippen LogP contribution >= 0.6 is 0 Å². The normalized spacial score (nSPS) is 22.8. The quantitative estimate of drug-likeness (QED) is 0.709. The van der Waals surface area contributed by atoms with Gasteiger partial charge in [-0.15, -0.1) is 0 Å². The summed E-state index contributed by atoms with van der Waals surface area (Å²) in [5.41, 5.74) is 0. The summed E-state index contributed by atoms with van der Waals surface area (Å²) in [5.74, 6) is 3.98. The van der Waals surface area contributed by atoms with E-state index < -0.39 is 9.84 Å². The van der Waals surface area contributed by atoms with Crippen molar-refractivity contribution < 1.29 is 13.2 Å². The molecule has 2 aliphatic rings. The van der Waals surface area contributed by atoms with Crippen molar-refractivity contribution in [2.24, 2.45) is 17.8 Å². The third kappa shape index (κ3) is 4.63. The van der Waals surface area contributed by atoms with Gasteiger partial charge in [0.15, 0.2) is 9.84 Å². The van der Waals surface area contributed by atoms with Gasteiger partial charge in [-0.2, -0.15) is 0 Å². The van der Waals surface area contributed by atoms with Crippen LogP contribution in [0.25, 0.3) is 0 Å². The molecule has 28 heavy (non-hydrogen) atoms. The van der Waals surface area contributed by atoms with E-state index in [1.165, 1.54) is 25.5 Å². The summed E-state index contributed by atoms with van der Waals surface area (Å²) in [6.45, 7) is 2.78. The number of anilines is 1. The molecule has 1 saturated carbocycles. The Morgan fingerprint density at radius 3 is 2.43 bits per heavy atom. The minimum Gasteiger partial charge on any atom is -0.494 e. The SMILES string of the molecule is CS(=O)(=O)c1ccc(OCC[C@H]2C[C@H]2C2CCN(c3ncccn3)CC2)cc1. The summed E-state index contributed by atoms with van der Waals surface area (Å²) in [6.07, 6.45) is 9.64. The van der Waals surface area contributed by atoms with E-state index in [1.54, 1.807) is 36.7 Å². The Bertz CT molecular complexity index is 879. The highest BCUT2D eigenvalue weighted by atomic mass is 32.2. The fourth-order valence-electron chi connectivity index (χ4n) is 4.27. The lowest BCUT2D eigenvalue weighted by atomic mass is 9.90. The predicted octanol–water partition coefficient (Wildman–Crippen LogP) is 3.20. The number of hydrogen-bond donors (Lipinski definition) is 0. The van der Waals surface area contributed by atoms with Gasteiger partial charge >= 0.3 is 0 Å². The van der Waals surface area contributed by atoms with E-state index in [-0.39, 0.29) is 0 Å². The Balaban J connectivity index is 1.18. The molecule has 2 atom stereocenters. The van der Waals surface area contributed by atoms with Crippen LogP contribution in [0.1, 0.15) is 25.7 Å². The highest BCUT2D eigenvalue weighted by Crippen LogP contribution is 2.49. The van der Waals surface area contributed by atoms with Crippen molar-refractivity contribution in [3.8, 4) is 5.75 Å². The van der Waals surface area contributed by atoms with Crippen LogP contribution in [0.4, 0.5) is 5.95 Å². The fourth-order valence-corrected chi connectivity index (χ4v) is 4.90. The number of piperidine rings is 1. The lowest BCUT2D eigenvalue weighted by molar-refractivity contribution is 0.284. The third-order valence-corrected chi connectivity index (χ3v) is 7.10. The standard InChI is InChI=1S/C21H27N3O3S/c1-28(25,26)19-5-3-18(4-6-19)27-14-9-17-15-20(17)16-7-12-24(13-8-16)21-22-10-2-11-23-21/h2-6,10-11,16-17,20H,7-9,12-15H2,1H3/t17-,20-/m0/s1. The zero-order chi connectivity index (χ0) is 19.6. The second-order valence-corrected chi connectivity index (χ2v) is 9.93. The first kappa shape index (κ1) is 19.2. The van der Waals surface area contributed by atoms with Crippen molar-refractivity contribution in [1.29, 1.82) is 0 Å². The average Bonchev–Trinajstić information content (AvgIpc) is 3.48. The first-order valence-electron chi connectivity index (χ1n) is 9.95. The first-order valence-corrected chi connectivity index (χ1v) is 11.8. The van der Waals surface area contributed by atoms with Gasteiger partial charge in [-0.05, 0) is 73.8 Å². The smallest absolute Gasteiger partial charge is 0.225 e. The molecule has 2 aromatic rings. The van der Waals surface area contributed by atoms with Gasteiger partial charge in [0.1, 0.15) is 5.75 Å². The maximum absolute atomic E-state index is 11.5. The predicted molar refractivity (Wildman–Crippen MR) is 108 cm³/mol. The van der Waals surface area contributed by atoms with Gasteiger partial charge in [0, 0.05) is 31.7 Å². The van der Waals surface area contributed by atoms with Gasteiger partial charge in [-0.1, -0.05) is 0 Å². The van der Waals surface area contributed by atoms with Gasteiger partial charge in [0.05, 0.1) is 11.5 Å². The number of benzene rings is 1. The van der Waals surface area contributed by atoms with Crippen LogP contribution in [-0.2, 0) is 9.84 Å². The monoisotopic (exact) mass is 401 g/mol. The largest absolute Gasteiger partial charge is 0.494 e. The molecule has 1 aliphatic carbocycles. The van der Waals surface area contributed by atoms with E-state index in [4.69, 9.17) is 4.74 Å². The molecule has 0 N–H and O–H groups in total. The van der Waals surface area contributed by atoms with Crippen molar-refractivity contribution in [3.63, 3.8) is 0 Å². The van der Waals surface area contributed by atoms with E-state index in [2.05, 4.69) is 14.9 Å². The van der Waals surface area contributed by atoms with E-state index in [0.29, 0.717) is 11.5 Å². The molecule has 6 nitrogen and oxygen atoms in total. The Kier molecular flexibility index (Phi) is 5.53. The van der Waals surface area contributed by atoms with Crippen LogP contribution < -0.4 is 9.64 Å². The maximum atomic E-state index is 11.5. The number of sulfone groups is 1. The van der Waals surface area contributed by atoms with Crippen LogP contribution in [-0.4, -0.2) is 44.3 Å². The second-order valence-electron chi connectivity index (χ2n) is 7.91. The van der Waals surface area contributed by atoms with Gasteiger partial charge in [-0.25, -0.2) is 18.4 Å². The second kappa shape index (κ2) is 8.07. The molecule has 0 spiro atoms. The molecule has 0 amide bonds. The minimum atomic E-state index is -3.15. The summed E-state index contributed by atoms with van der Waals surface area (Å²) < 4.78 is 28.8. The van der Waals surface area contributed by atoms with Gasteiger partial charge in [0.25, 0.3) is 0 Å². The van der Waals surface area contributed by atoms with Gasteiger partial charge in [-0.3, -0.25) is 0 Å². The molecular formula is C21H27N3O3S. The van der Waals surface area contributed by atoms with Crippen LogP contribution in [0.3, 0.4) is 0 Å². The molecule has 0 unspecified atom stereocenters. The Hall–Kier alpha value is -2.15. The lowest BCUT2D eigenvalue weighted by Crippen LogP contribution is -2.35. The third-order valence-electron chi connectivity index (χ3n) is 5.97. The van der Waals surface area contributed by atoms with Crippen molar-refractivity contribution >= 4 is 15.8 Å². The number of hydrogen-bond acceptors (Lipinski definition) is 6. The number of aromatic nitrogens is 2. The molecule has 0 radical (unpaired) electrons. The molecule has 7 heteroatoms. The molecular weight excluding hydrogens is 374 g/mol. The van der Waals surface area contributed by atoms with Gasteiger partial charge < -0.3 is 9.64 Å². The molecule has 1 aromatic heterocycles. The Morgan fingerprint density at radius 2 is 1.79 bits per heavy atom. The summed E-state index contributed by atoms with van der Waals surface area (Å²) in [4.78, 5) is 11.3. The number of nitrogens with zero attached hydrogens (tertiary/aromatic N) is 3. The topological polar surface area (TPSA) is 72.4 Å². The van der Waals surface area contributed by atoms with Crippen LogP contribution in [0.2, 0.25) is 0 Å². The van der Waals surface area contributed by atoms with Crippen molar-refractivity contribution in [1.82, 2.24) is 9.97 Å². The molecule has 2 fully saturated rings. The summed E-state index contributed by atoms with van der Waals surface area (Å²) >= 11 is 0. The number of ether oxygens (including phenoxy) is 1. The summed E-state index contributed by atoms with van der Waals surface area (Å²) in [5, 5.41) is 0. The highest BCUT2D eigenvalue weighted by molar-refractivity contribution is 7.90. The molecule has 0 bridgehead atoms. The van der Waals surface area contributed by atoms with Crippen molar-refractivity contribution in [3.05, 3.63) is 42.7 Å². The van der Waals surface area contributed by atoms with Crippen LogP contribution in [0.5, 0.6) is 5.75 Å². The summed E-state index contributed by atoms with van der Waals surface area (Å²) in [6, 6.07) is 8.54. The lowest BCUT2D eigenvalue weighted by Gasteiger charge is -2.32. The van der Waals surface area contributed by atoms with E-state index in [9.17, 15) is 8.42 Å². The average molecular weight is 402 g/mol. The first-order chi connectivity index (χ1) is 13.5. The highest BCUT2D eigenvalue weighted by Gasteiger charge is 2.43. The van der Waals surface area contributed by atoms with Crippen molar-refractivity contribution in [2.45, 2.75) is 30.6 Å². The molecule has 2 heterocycles. The van der Waals surface area contributed by atoms with Gasteiger partial charge in [0.2, 0.25) is 5.95 Å². The van der Waals surface area contributed by atoms with E-state index >= 15 is 0 Å². The van der Waals surface area contributed by atoms with Crippen LogP contribution in [0.15, 0.2) is 47.6 Å². The Morgan fingerprint density at radius 1 is 1.11 bits per heavy atom. The van der Waals surface area contributed by atoms with Crippen molar-refractivity contribution in [2.75, 3.05) is 30.9 Å². The zero-order valence-electron chi connectivity index (χ0n) is 16.2. The molecule has 1 aromatic carbocycles. The molecule has 1 saturated heterocycles. The Labute approximate surface area is 166 Å². The fraction of sp³-hybridized carbons (Fsp3) is 0.524.